The highest BCUT2D eigenvalue weighted by molar-refractivity contribution is 7.11. The topological polar surface area (TPSA) is 71.1 Å². The predicted molar refractivity (Wildman–Crippen MR) is 43.5 cm³/mol. The van der Waals surface area contributed by atoms with Crippen LogP contribution in [0.25, 0.3) is 0 Å². The molecule has 62 valence electrons. The van der Waals surface area contributed by atoms with Gasteiger partial charge in [-0.1, -0.05) is 0 Å². The van der Waals surface area contributed by atoms with Crippen molar-refractivity contribution in [1.82, 2.24) is 9.69 Å². The van der Waals surface area contributed by atoms with E-state index < -0.39 is 5.91 Å². The highest BCUT2D eigenvalue weighted by Crippen LogP contribution is 2.27. The summed E-state index contributed by atoms with van der Waals surface area (Å²) in [5.74, 6) is -0.777. The van der Waals surface area contributed by atoms with Crippen molar-refractivity contribution in [3.63, 3.8) is 0 Å². The molecule has 1 aliphatic rings. The number of fused-ring (bicyclic) bond motifs is 1. The molecule has 0 saturated carbocycles. The summed E-state index contributed by atoms with van der Waals surface area (Å²) in [4.78, 5) is 22.1. The Morgan fingerprint density at radius 2 is 2.17 bits per heavy atom. The van der Waals surface area contributed by atoms with Crippen molar-refractivity contribution in [2.45, 2.75) is 0 Å². The standard InChI is InChI=1S/C6H5N3O2S/c1-7-6-2-3(9-12-6)5(11)8-4(2)10/h7H,1H3,(H,8,10,11). The summed E-state index contributed by atoms with van der Waals surface area (Å²) in [7, 11) is 1.68. The molecule has 2 rings (SSSR count). The second-order valence-corrected chi connectivity index (χ2v) is 3.04. The average Bonchev–Trinajstić information content (AvgIpc) is 2.55. The van der Waals surface area contributed by atoms with E-state index in [1.54, 1.807) is 7.05 Å². The molecule has 0 atom stereocenters. The van der Waals surface area contributed by atoms with Crippen molar-refractivity contribution in [3.05, 3.63) is 11.3 Å². The van der Waals surface area contributed by atoms with Crippen LogP contribution in [0.15, 0.2) is 0 Å². The molecule has 1 aromatic rings. The van der Waals surface area contributed by atoms with Gasteiger partial charge in [-0.25, -0.2) is 0 Å². The van der Waals surface area contributed by atoms with Gasteiger partial charge in [-0.05, 0) is 11.5 Å². The van der Waals surface area contributed by atoms with Crippen molar-refractivity contribution in [2.75, 3.05) is 12.4 Å². The Morgan fingerprint density at radius 1 is 1.42 bits per heavy atom. The van der Waals surface area contributed by atoms with Crippen molar-refractivity contribution in [3.8, 4) is 0 Å². The summed E-state index contributed by atoms with van der Waals surface area (Å²) < 4.78 is 3.85. The number of aromatic nitrogens is 1. The van der Waals surface area contributed by atoms with Crippen LogP contribution in [0.2, 0.25) is 0 Å². The van der Waals surface area contributed by atoms with Gasteiger partial charge in [-0.2, -0.15) is 4.37 Å². The normalized spacial score (nSPS) is 14.4. The third-order valence-electron chi connectivity index (χ3n) is 1.59. The third-order valence-corrected chi connectivity index (χ3v) is 2.45. The summed E-state index contributed by atoms with van der Waals surface area (Å²) in [6, 6.07) is 0. The minimum Gasteiger partial charge on any atom is -0.378 e. The molecular formula is C6H5N3O2S. The maximum absolute atomic E-state index is 11.1. The van der Waals surface area contributed by atoms with Gasteiger partial charge in [0.1, 0.15) is 10.6 Å². The molecular weight excluding hydrogens is 178 g/mol. The second-order valence-electron chi connectivity index (χ2n) is 2.27. The SMILES string of the molecule is CNc1snc2c1C(=O)NC2=O. The zero-order valence-electron chi connectivity index (χ0n) is 6.17. The van der Waals surface area contributed by atoms with Crippen LogP contribution >= 0.6 is 11.5 Å². The number of nitrogens with one attached hydrogen (secondary N) is 2. The predicted octanol–water partition coefficient (Wildman–Crippen LogP) is 0.0684. The first-order chi connectivity index (χ1) is 5.74. The lowest BCUT2D eigenvalue weighted by atomic mass is 10.3. The van der Waals surface area contributed by atoms with Crippen LogP contribution < -0.4 is 10.6 Å². The molecule has 2 amide bonds. The Labute approximate surface area is 71.9 Å². The van der Waals surface area contributed by atoms with Gasteiger partial charge in [0, 0.05) is 7.05 Å². The summed E-state index contributed by atoms with van der Waals surface area (Å²) >= 11 is 1.12. The molecule has 0 radical (unpaired) electrons. The molecule has 0 bridgehead atoms. The number of imide groups is 1. The lowest BCUT2D eigenvalue weighted by Crippen LogP contribution is -2.20. The Bertz CT molecular complexity index is 371. The number of nitrogens with zero attached hydrogens (tertiary/aromatic N) is 1. The van der Waals surface area contributed by atoms with Crippen molar-refractivity contribution in [2.24, 2.45) is 0 Å². The second kappa shape index (κ2) is 2.28. The van der Waals surface area contributed by atoms with Crippen LogP contribution in [-0.4, -0.2) is 23.2 Å². The number of carbonyl (C=O) groups is 2. The zero-order valence-corrected chi connectivity index (χ0v) is 6.99. The van der Waals surface area contributed by atoms with Gasteiger partial charge < -0.3 is 5.32 Å². The van der Waals surface area contributed by atoms with Crippen LogP contribution in [0.1, 0.15) is 20.8 Å². The molecule has 0 fully saturated rings. The molecule has 0 aromatic carbocycles. The molecule has 2 N–H and O–H groups in total. The van der Waals surface area contributed by atoms with E-state index in [1.807, 2.05) is 0 Å². The lowest BCUT2D eigenvalue weighted by molar-refractivity contribution is 0.0878. The van der Waals surface area contributed by atoms with Crippen LogP contribution in [0, 0.1) is 0 Å². The van der Waals surface area contributed by atoms with E-state index in [-0.39, 0.29) is 11.6 Å². The maximum atomic E-state index is 11.1. The Hall–Kier alpha value is -1.43. The van der Waals surface area contributed by atoms with Gasteiger partial charge in [0.15, 0.2) is 5.69 Å². The first kappa shape index (κ1) is 7.23. The summed E-state index contributed by atoms with van der Waals surface area (Å²) in [5.41, 5.74) is 0.599. The number of hydrogen-bond donors (Lipinski definition) is 2. The zero-order chi connectivity index (χ0) is 8.72. The summed E-state index contributed by atoms with van der Waals surface area (Å²) in [6.07, 6.45) is 0. The fourth-order valence-corrected chi connectivity index (χ4v) is 1.78. The fraction of sp³-hybridized carbons (Fsp3) is 0.167. The van der Waals surface area contributed by atoms with Gasteiger partial charge >= 0.3 is 0 Å². The van der Waals surface area contributed by atoms with Crippen LogP contribution in [-0.2, 0) is 0 Å². The van der Waals surface area contributed by atoms with E-state index >= 15 is 0 Å². The molecule has 0 unspecified atom stereocenters. The number of carbonyl (C=O) groups excluding carboxylic acids is 2. The first-order valence-electron chi connectivity index (χ1n) is 3.27. The van der Waals surface area contributed by atoms with E-state index in [2.05, 4.69) is 15.0 Å². The van der Waals surface area contributed by atoms with Gasteiger partial charge in [0.25, 0.3) is 11.8 Å². The minimum atomic E-state index is -0.409. The summed E-state index contributed by atoms with van der Waals surface area (Å²) in [5, 5.41) is 5.60. The molecule has 0 saturated heterocycles. The third kappa shape index (κ3) is 0.751. The molecule has 2 heterocycles. The number of amides is 2. The molecule has 12 heavy (non-hydrogen) atoms. The number of rotatable bonds is 1. The van der Waals surface area contributed by atoms with E-state index in [1.165, 1.54) is 0 Å². The number of hydrogen-bond acceptors (Lipinski definition) is 5. The Morgan fingerprint density at radius 3 is 2.83 bits per heavy atom. The molecule has 6 heteroatoms. The van der Waals surface area contributed by atoms with Gasteiger partial charge in [0.2, 0.25) is 0 Å². The maximum Gasteiger partial charge on any atom is 0.278 e. The van der Waals surface area contributed by atoms with E-state index in [4.69, 9.17) is 0 Å². The van der Waals surface area contributed by atoms with E-state index in [0.717, 1.165) is 11.5 Å². The molecule has 5 nitrogen and oxygen atoms in total. The fourth-order valence-electron chi connectivity index (χ4n) is 1.05. The quantitative estimate of drug-likeness (QED) is 0.604. The van der Waals surface area contributed by atoms with Crippen LogP contribution in [0.5, 0.6) is 0 Å². The van der Waals surface area contributed by atoms with Crippen molar-refractivity contribution in [1.29, 1.82) is 0 Å². The highest BCUT2D eigenvalue weighted by Gasteiger charge is 2.32. The summed E-state index contributed by atoms with van der Waals surface area (Å²) in [6.45, 7) is 0. The van der Waals surface area contributed by atoms with Gasteiger partial charge in [-0.15, -0.1) is 0 Å². The van der Waals surface area contributed by atoms with Crippen molar-refractivity contribution < 1.29 is 9.59 Å². The Kier molecular flexibility index (Phi) is 1.37. The lowest BCUT2D eigenvalue weighted by Gasteiger charge is -1.93. The highest BCUT2D eigenvalue weighted by atomic mass is 32.1. The van der Waals surface area contributed by atoms with Crippen molar-refractivity contribution >= 4 is 28.3 Å². The first-order valence-corrected chi connectivity index (χ1v) is 4.04. The van der Waals surface area contributed by atoms with Gasteiger partial charge in [-0.3, -0.25) is 14.9 Å². The van der Waals surface area contributed by atoms with E-state index in [9.17, 15) is 9.59 Å². The number of anilines is 1. The Balaban J connectivity index is 2.63. The van der Waals surface area contributed by atoms with Crippen LogP contribution in [0.3, 0.4) is 0 Å². The largest absolute Gasteiger partial charge is 0.378 e. The van der Waals surface area contributed by atoms with E-state index in [0.29, 0.717) is 10.6 Å². The molecule has 0 spiro atoms. The monoisotopic (exact) mass is 183 g/mol. The van der Waals surface area contributed by atoms with Crippen LogP contribution in [0.4, 0.5) is 5.00 Å². The molecule has 0 aliphatic carbocycles. The smallest absolute Gasteiger partial charge is 0.278 e. The molecule has 1 aliphatic heterocycles. The minimum absolute atomic E-state index is 0.231. The van der Waals surface area contributed by atoms with Gasteiger partial charge in [0.05, 0.1) is 0 Å². The molecule has 1 aromatic heterocycles. The average molecular weight is 183 g/mol.